The Morgan fingerprint density at radius 1 is 1.55 bits per heavy atom. The molecule has 0 aliphatic carbocycles. The molecule has 0 aromatic heterocycles. The van der Waals surface area contributed by atoms with Crippen LogP contribution in [-0.2, 0) is 0 Å². The van der Waals surface area contributed by atoms with Crippen molar-refractivity contribution in [2.45, 2.75) is 26.7 Å². The van der Waals surface area contributed by atoms with Gasteiger partial charge in [0.05, 0.1) is 0 Å². The Balaban J connectivity index is 0. The number of nitrogens with zero attached hydrogens (tertiary/aromatic N) is 1. The van der Waals surface area contributed by atoms with Crippen LogP contribution in [0.2, 0.25) is 0 Å². The maximum Gasteiger partial charge on any atom is 0.291 e. The van der Waals surface area contributed by atoms with Crippen LogP contribution in [0.3, 0.4) is 0 Å². The van der Waals surface area contributed by atoms with Gasteiger partial charge in [0, 0.05) is 6.61 Å². The molecule has 0 spiro atoms. The Morgan fingerprint density at radius 2 is 1.91 bits per heavy atom. The molecule has 0 heterocycles. The molecule has 5 nitrogen and oxygen atoms in total. The quantitative estimate of drug-likeness (QED) is 0.484. The highest BCUT2D eigenvalue weighted by molar-refractivity contribution is 4.42. The molecule has 0 aliphatic rings. The lowest BCUT2D eigenvalue weighted by Crippen LogP contribution is -1.89. The van der Waals surface area contributed by atoms with Gasteiger partial charge in [-0.05, 0) is 18.8 Å². The van der Waals surface area contributed by atoms with Gasteiger partial charge in [0.1, 0.15) is 0 Å². The zero-order valence-electron chi connectivity index (χ0n) is 6.86. The Labute approximate surface area is 65.8 Å². The number of rotatable bonds is 3. The third-order valence-electron chi connectivity index (χ3n) is 0.940. The van der Waals surface area contributed by atoms with Crippen molar-refractivity contribution in [3.05, 3.63) is 10.1 Å². The molecule has 5 heteroatoms. The molecule has 2 N–H and O–H groups in total. The first-order valence-electron chi connectivity index (χ1n) is 3.44. The van der Waals surface area contributed by atoms with Crippen molar-refractivity contribution in [1.82, 2.24) is 0 Å². The molecular weight excluding hydrogens is 150 g/mol. The first-order valence-corrected chi connectivity index (χ1v) is 3.44. The minimum Gasteiger partial charge on any atom is -0.396 e. The normalized spacial score (nSPS) is 8.73. The monoisotopic (exact) mass is 165 g/mol. The predicted molar refractivity (Wildman–Crippen MR) is 39.9 cm³/mol. The van der Waals surface area contributed by atoms with Gasteiger partial charge >= 0.3 is 0 Å². The minimum absolute atomic E-state index is 0.345. The summed E-state index contributed by atoms with van der Waals surface area (Å²) in [5.41, 5.74) is 0. The Kier molecular flexibility index (Phi) is 10.7. The second-order valence-corrected chi connectivity index (χ2v) is 2.50. The summed E-state index contributed by atoms with van der Waals surface area (Å²) in [6.07, 6.45) is 2.11. The fourth-order valence-corrected chi connectivity index (χ4v) is 0.500. The van der Waals surface area contributed by atoms with Crippen molar-refractivity contribution in [3.63, 3.8) is 0 Å². The summed E-state index contributed by atoms with van der Waals surface area (Å²) in [6, 6.07) is 0. The van der Waals surface area contributed by atoms with Gasteiger partial charge < -0.3 is 10.3 Å². The van der Waals surface area contributed by atoms with E-state index in [1.807, 2.05) is 0 Å². The summed E-state index contributed by atoms with van der Waals surface area (Å²) in [4.78, 5) is 8.36. The van der Waals surface area contributed by atoms with Gasteiger partial charge in [-0.25, -0.2) is 0 Å². The van der Waals surface area contributed by atoms with Gasteiger partial charge in [0.15, 0.2) is 0 Å². The summed E-state index contributed by atoms with van der Waals surface area (Å²) < 4.78 is 0. The molecule has 0 fully saturated rings. The third kappa shape index (κ3) is 47.0. The lowest BCUT2D eigenvalue weighted by molar-refractivity contribution is -0.742. The second kappa shape index (κ2) is 9.16. The predicted octanol–water partition coefficient (Wildman–Crippen LogP) is 1.07. The van der Waals surface area contributed by atoms with Gasteiger partial charge in [-0.3, -0.25) is 0 Å². The van der Waals surface area contributed by atoms with Crippen LogP contribution in [0.5, 0.6) is 0 Å². The second-order valence-electron chi connectivity index (χ2n) is 2.50. The Hall–Kier alpha value is -0.840. The van der Waals surface area contributed by atoms with E-state index in [0.717, 1.165) is 18.8 Å². The molecule has 0 saturated carbocycles. The van der Waals surface area contributed by atoms with Crippen molar-refractivity contribution < 1.29 is 15.4 Å². The Morgan fingerprint density at radius 3 is 2.00 bits per heavy atom. The zero-order chi connectivity index (χ0) is 9.28. The standard InChI is InChI=1S/C6H14O.HNO3/c1-6(2)4-3-5-7;2-1(3)4/h6-7H,3-5H2,1-2H3;(H,2,3,4). The van der Waals surface area contributed by atoms with Gasteiger partial charge in [-0.15, -0.1) is 10.1 Å². The van der Waals surface area contributed by atoms with E-state index < -0.39 is 5.09 Å². The van der Waals surface area contributed by atoms with Crippen LogP contribution in [0.15, 0.2) is 0 Å². The largest absolute Gasteiger partial charge is 0.396 e. The molecular formula is C6H15NO4. The zero-order valence-corrected chi connectivity index (χ0v) is 6.86. The summed E-state index contributed by atoms with van der Waals surface area (Å²) in [5, 5.41) is 22.0. The van der Waals surface area contributed by atoms with Gasteiger partial charge in [-0.1, -0.05) is 13.8 Å². The summed E-state index contributed by atoms with van der Waals surface area (Å²) in [6.45, 7) is 4.67. The first kappa shape index (κ1) is 12.8. The SMILES string of the molecule is CC(C)CCCO.O=[N+]([O-])O. The molecule has 0 unspecified atom stereocenters. The molecule has 68 valence electrons. The van der Waals surface area contributed by atoms with Crippen LogP contribution in [0.4, 0.5) is 0 Å². The lowest BCUT2D eigenvalue weighted by Gasteiger charge is -1.98. The van der Waals surface area contributed by atoms with Gasteiger partial charge in [-0.2, -0.15) is 0 Å². The van der Waals surface area contributed by atoms with E-state index >= 15 is 0 Å². The molecule has 0 saturated heterocycles. The summed E-state index contributed by atoms with van der Waals surface area (Å²) in [7, 11) is 0. The van der Waals surface area contributed by atoms with Gasteiger partial charge in [0.25, 0.3) is 5.09 Å². The maximum atomic E-state index is 8.36. The molecule has 0 aliphatic heterocycles. The highest BCUT2D eigenvalue weighted by Gasteiger charge is 1.89. The number of aliphatic hydroxyl groups excluding tert-OH is 1. The summed E-state index contributed by atoms with van der Waals surface area (Å²) >= 11 is 0. The highest BCUT2D eigenvalue weighted by Crippen LogP contribution is 2.00. The first-order chi connectivity index (χ1) is 5.00. The lowest BCUT2D eigenvalue weighted by atomic mass is 10.1. The van der Waals surface area contributed by atoms with Crippen LogP contribution >= 0.6 is 0 Å². The number of aliphatic hydroxyl groups is 1. The minimum atomic E-state index is -1.50. The molecule has 0 bridgehead atoms. The van der Waals surface area contributed by atoms with Crippen LogP contribution in [0.1, 0.15) is 26.7 Å². The molecule has 11 heavy (non-hydrogen) atoms. The van der Waals surface area contributed by atoms with E-state index in [9.17, 15) is 0 Å². The van der Waals surface area contributed by atoms with Crippen LogP contribution in [0, 0.1) is 16.0 Å². The van der Waals surface area contributed by atoms with Gasteiger partial charge in [0.2, 0.25) is 0 Å². The van der Waals surface area contributed by atoms with E-state index in [1.54, 1.807) is 0 Å². The van der Waals surface area contributed by atoms with Crippen LogP contribution in [-0.4, -0.2) is 22.0 Å². The molecule has 0 aromatic rings. The maximum absolute atomic E-state index is 8.36. The van der Waals surface area contributed by atoms with E-state index in [1.165, 1.54) is 0 Å². The average molecular weight is 165 g/mol. The Bertz CT molecular complexity index is 90.6. The van der Waals surface area contributed by atoms with E-state index in [4.69, 9.17) is 20.4 Å². The van der Waals surface area contributed by atoms with Crippen LogP contribution in [0.25, 0.3) is 0 Å². The molecule has 0 amide bonds. The third-order valence-corrected chi connectivity index (χ3v) is 0.940. The van der Waals surface area contributed by atoms with E-state index in [2.05, 4.69) is 13.8 Å². The van der Waals surface area contributed by atoms with Crippen LogP contribution < -0.4 is 0 Å². The van der Waals surface area contributed by atoms with Crippen molar-refractivity contribution in [1.29, 1.82) is 0 Å². The van der Waals surface area contributed by atoms with Crippen molar-refractivity contribution in [2.75, 3.05) is 6.61 Å². The molecule has 0 rings (SSSR count). The molecule has 0 atom stereocenters. The fraction of sp³-hybridized carbons (Fsp3) is 1.00. The smallest absolute Gasteiger partial charge is 0.291 e. The van der Waals surface area contributed by atoms with E-state index in [-0.39, 0.29) is 0 Å². The van der Waals surface area contributed by atoms with Crippen molar-refractivity contribution >= 4 is 0 Å². The average Bonchev–Trinajstić information content (AvgIpc) is 1.82. The van der Waals surface area contributed by atoms with Crippen molar-refractivity contribution in [2.24, 2.45) is 5.92 Å². The highest BCUT2D eigenvalue weighted by atomic mass is 16.9. The topological polar surface area (TPSA) is 83.6 Å². The fourth-order valence-electron chi connectivity index (χ4n) is 0.500. The summed E-state index contributed by atoms with van der Waals surface area (Å²) in [5.74, 6) is 0.743. The molecule has 0 aromatic carbocycles. The van der Waals surface area contributed by atoms with Crippen molar-refractivity contribution in [3.8, 4) is 0 Å². The number of hydrogen-bond donors (Lipinski definition) is 2. The molecule has 0 radical (unpaired) electrons. The van der Waals surface area contributed by atoms with E-state index in [0.29, 0.717) is 6.61 Å². The number of hydrogen-bond acceptors (Lipinski definition) is 3.